The minimum atomic E-state index is -5.32. The average molecular weight is 932 g/mol. The first-order valence-electron chi connectivity index (χ1n) is 18.8. The maximum atomic E-state index is 14.0. The van der Waals surface area contributed by atoms with Crippen LogP contribution >= 0.6 is 15.6 Å². The Morgan fingerprint density at radius 1 is 0.635 bits per heavy atom. The fourth-order valence-electron chi connectivity index (χ4n) is 5.34. The maximum absolute atomic E-state index is 14.0. The van der Waals surface area contributed by atoms with Crippen LogP contribution in [0.15, 0.2) is 60.7 Å². The molecule has 0 bridgehead atoms. The molecule has 0 aromatic heterocycles. The highest BCUT2D eigenvalue weighted by molar-refractivity contribution is 7.46. The van der Waals surface area contributed by atoms with E-state index in [4.69, 9.17) is 20.6 Å². The number of carboxylic acid groups (broad SMARTS) is 1. The largest absolute Gasteiger partial charge is 0.481 e. The number of aliphatic hydroxyl groups is 1. The molecule has 0 aliphatic rings. The second-order valence-electron chi connectivity index (χ2n) is 13.9. The molecule has 0 heterocycles. The van der Waals surface area contributed by atoms with Crippen molar-refractivity contribution in [3.8, 4) is 0 Å². The summed E-state index contributed by atoms with van der Waals surface area (Å²) in [5, 5.41) is 32.7. The Kier molecular flexibility index (Phi) is 21.8. The molecular formula is C36H51N7O18P2. The van der Waals surface area contributed by atoms with Gasteiger partial charge in [0.05, 0.1) is 25.4 Å². The predicted octanol–water partition coefficient (Wildman–Crippen LogP) is -3.61. The Bertz CT molecular complexity index is 1990. The second kappa shape index (κ2) is 25.6. The van der Waals surface area contributed by atoms with Crippen molar-refractivity contribution >= 4 is 63.3 Å². The monoisotopic (exact) mass is 931 g/mol. The summed E-state index contributed by atoms with van der Waals surface area (Å²) >= 11 is 0. The van der Waals surface area contributed by atoms with Crippen LogP contribution in [0.1, 0.15) is 37.8 Å². The van der Waals surface area contributed by atoms with Crippen molar-refractivity contribution in [3.63, 3.8) is 0 Å². The Morgan fingerprint density at radius 3 is 1.52 bits per heavy atom. The Labute approximate surface area is 359 Å². The third-order valence-electron chi connectivity index (χ3n) is 8.61. The van der Waals surface area contributed by atoms with E-state index in [0.29, 0.717) is 11.1 Å². The first-order valence-corrected chi connectivity index (χ1v) is 21.9. The fraction of sp³-hybridized carbons (Fsp3) is 0.444. The van der Waals surface area contributed by atoms with Crippen LogP contribution in [-0.2, 0) is 69.4 Å². The Balaban J connectivity index is 2.37. The van der Waals surface area contributed by atoms with Crippen LogP contribution in [-0.4, -0.2) is 139 Å². The van der Waals surface area contributed by atoms with Gasteiger partial charge in [0.15, 0.2) is 0 Å². The molecule has 2 aromatic carbocycles. The van der Waals surface area contributed by atoms with Gasteiger partial charge in [0.2, 0.25) is 35.4 Å². The number of phosphoric acid groups is 2. The van der Waals surface area contributed by atoms with Crippen LogP contribution in [0.5, 0.6) is 0 Å². The van der Waals surface area contributed by atoms with Gasteiger partial charge in [0.1, 0.15) is 42.5 Å². The fourth-order valence-corrected chi connectivity index (χ4v) is 6.04. The highest BCUT2D eigenvalue weighted by atomic mass is 31.2. The van der Waals surface area contributed by atoms with Crippen LogP contribution in [0, 0.1) is 0 Å². The number of carbonyl (C=O) groups excluding carboxylic acids is 7. The summed E-state index contributed by atoms with van der Waals surface area (Å²) in [5.41, 5.74) is 6.70. The number of benzene rings is 2. The van der Waals surface area contributed by atoms with Gasteiger partial charge in [-0.2, -0.15) is 0 Å². The third-order valence-corrected chi connectivity index (χ3v) is 9.58. The van der Waals surface area contributed by atoms with E-state index in [0.717, 1.165) is 13.8 Å². The summed E-state index contributed by atoms with van der Waals surface area (Å²) in [7, 11) is -10.4. The molecule has 25 nitrogen and oxygen atoms in total. The average Bonchev–Trinajstić information content (AvgIpc) is 3.20. The summed E-state index contributed by atoms with van der Waals surface area (Å²) < 4.78 is 31.6. The van der Waals surface area contributed by atoms with Crippen molar-refractivity contribution < 1.29 is 86.3 Å². The molecule has 8 atom stereocenters. The lowest BCUT2D eigenvalue weighted by Gasteiger charge is -2.27. The van der Waals surface area contributed by atoms with E-state index in [2.05, 4.69) is 40.9 Å². The minimum absolute atomic E-state index is 0.203. The number of aliphatic hydroxyl groups excluding tert-OH is 1. The number of nitrogens with two attached hydrogens (primary N) is 1. The molecule has 0 saturated carbocycles. The first kappa shape index (κ1) is 53.7. The van der Waals surface area contributed by atoms with Crippen LogP contribution in [0.3, 0.4) is 0 Å². The van der Waals surface area contributed by atoms with Gasteiger partial charge in [-0.25, -0.2) is 9.13 Å². The number of aldehydes is 1. The Morgan fingerprint density at radius 2 is 1.08 bits per heavy atom. The van der Waals surface area contributed by atoms with Crippen LogP contribution in [0.2, 0.25) is 0 Å². The first-order chi connectivity index (χ1) is 29.4. The van der Waals surface area contributed by atoms with E-state index >= 15 is 0 Å². The molecule has 0 aliphatic carbocycles. The maximum Gasteiger partial charge on any atom is 0.469 e. The van der Waals surface area contributed by atoms with Gasteiger partial charge >= 0.3 is 21.6 Å². The van der Waals surface area contributed by atoms with Crippen molar-refractivity contribution in [2.24, 2.45) is 5.73 Å². The summed E-state index contributed by atoms with van der Waals surface area (Å²) in [6.45, 7) is 0.0571. The molecule has 2 rings (SSSR count). The lowest BCUT2D eigenvalue weighted by Crippen LogP contribution is -2.61. The molecule has 2 aromatic rings. The molecule has 0 aliphatic heterocycles. The highest BCUT2D eigenvalue weighted by Crippen LogP contribution is 2.36. The molecule has 63 heavy (non-hydrogen) atoms. The SMILES string of the molecule is C[C@H](NC(=O)[C@H](COP(=O)(O)O)NC(=O)[C@H](Cc1ccccc1)NC(=O)[C@H](Cc1ccccc1)NC(=O)[C@@H](N)COP(=O)(O)O)C(=O)N[C@H](C(=O)N[C@H](C=O)CCC(=O)O)[C@@H](C)O. The zero-order chi connectivity index (χ0) is 47.5. The normalized spacial score (nSPS) is 15.4. The topological polar surface area (TPSA) is 409 Å². The number of aliphatic carboxylic acids is 1. The van der Waals surface area contributed by atoms with Gasteiger partial charge in [0, 0.05) is 19.3 Å². The lowest BCUT2D eigenvalue weighted by atomic mass is 10.0. The number of amides is 6. The van der Waals surface area contributed by atoms with E-state index in [-0.39, 0.29) is 25.5 Å². The van der Waals surface area contributed by atoms with E-state index < -0.39 is 125 Å². The standard InChI is InChI=1S/C36H51N7O18P2/c1-20(31(48)43-30(21(2)45)36(53)39-24(17-44)13-14-29(46)47)38-35(52)28(19-61-63(57,58)59)42-34(51)27(16-23-11-7-4-8-12-23)41-33(50)26(15-22-9-5-3-6-10-22)40-32(49)25(37)18-60-62(54,55)56/h3-12,17,20-21,24-28,30,45H,13-16,18-19,37H2,1-2H3,(H,38,52)(H,39,53)(H,40,49)(H,41,50)(H,42,51)(H,43,48)(H,46,47)(H2,54,55,56)(H2,57,58,59)/t20-,21+,24-,25-,26-,27-,28-,30-/m0/s1. The van der Waals surface area contributed by atoms with Crippen molar-refractivity contribution in [3.05, 3.63) is 71.8 Å². The number of phosphoric ester groups is 2. The summed E-state index contributed by atoms with van der Waals surface area (Å²) in [6, 6.07) is 4.75. The zero-order valence-electron chi connectivity index (χ0n) is 33.8. The zero-order valence-corrected chi connectivity index (χ0v) is 35.6. The number of hydrogen-bond donors (Lipinski definition) is 13. The molecular weight excluding hydrogens is 880 g/mol. The van der Waals surface area contributed by atoms with Gasteiger partial charge in [0.25, 0.3) is 0 Å². The summed E-state index contributed by atoms with van der Waals surface area (Å²) in [6.07, 6.45) is -2.63. The number of carbonyl (C=O) groups is 8. The van der Waals surface area contributed by atoms with Crippen LogP contribution in [0.25, 0.3) is 0 Å². The van der Waals surface area contributed by atoms with Gasteiger partial charge in [-0.3, -0.25) is 42.6 Å². The van der Waals surface area contributed by atoms with Crippen LogP contribution in [0.4, 0.5) is 0 Å². The van der Waals surface area contributed by atoms with E-state index in [1.54, 1.807) is 60.7 Å². The van der Waals surface area contributed by atoms with E-state index in [1.807, 2.05) is 0 Å². The van der Waals surface area contributed by atoms with E-state index in [9.17, 15) is 62.4 Å². The summed E-state index contributed by atoms with van der Waals surface area (Å²) in [5.74, 6) is -7.96. The van der Waals surface area contributed by atoms with Crippen molar-refractivity contribution in [2.75, 3.05) is 13.2 Å². The Hall–Kier alpha value is -5.46. The highest BCUT2D eigenvalue weighted by Gasteiger charge is 2.35. The second-order valence-corrected chi connectivity index (χ2v) is 16.4. The van der Waals surface area contributed by atoms with Gasteiger partial charge in [-0.15, -0.1) is 0 Å². The number of carboxylic acids is 1. The molecule has 0 radical (unpaired) electrons. The molecule has 0 saturated heterocycles. The quantitative estimate of drug-likeness (QED) is 0.0304. The number of rotatable bonds is 27. The smallest absolute Gasteiger partial charge is 0.469 e. The number of hydrogen-bond acceptors (Lipinski definition) is 14. The van der Waals surface area contributed by atoms with Gasteiger partial charge < -0.3 is 72.2 Å². The molecule has 0 spiro atoms. The van der Waals surface area contributed by atoms with Crippen molar-refractivity contribution in [1.82, 2.24) is 31.9 Å². The van der Waals surface area contributed by atoms with Gasteiger partial charge in [-0.1, -0.05) is 60.7 Å². The molecule has 348 valence electrons. The van der Waals surface area contributed by atoms with E-state index in [1.165, 1.54) is 0 Å². The lowest BCUT2D eigenvalue weighted by molar-refractivity contribution is -0.138. The van der Waals surface area contributed by atoms with Crippen molar-refractivity contribution in [2.45, 2.75) is 87.9 Å². The number of nitrogens with one attached hydrogen (secondary N) is 6. The third kappa shape index (κ3) is 21.0. The molecule has 0 fully saturated rings. The van der Waals surface area contributed by atoms with Crippen LogP contribution < -0.4 is 37.6 Å². The predicted molar refractivity (Wildman–Crippen MR) is 216 cm³/mol. The molecule has 0 unspecified atom stereocenters. The molecule has 14 N–H and O–H groups in total. The molecule has 6 amide bonds. The van der Waals surface area contributed by atoms with Crippen molar-refractivity contribution in [1.29, 1.82) is 0 Å². The minimum Gasteiger partial charge on any atom is -0.481 e. The van der Waals surface area contributed by atoms with Gasteiger partial charge in [-0.05, 0) is 31.4 Å². The summed E-state index contributed by atoms with van der Waals surface area (Å²) in [4.78, 5) is 139. The molecule has 27 heteroatoms.